The highest BCUT2D eigenvalue weighted by atomic mass is 32.2. The minimum Gasteiger partial charge on any atom is -0.388 e. The molecule has 90 valence electrons. The van der Waals surface area contributed by atoms with E-state index in [1.165, 1.54) is 11.3 Å². The zero-order chi connectivity index (χ0) is 12.3. The maximum absolute atomic E-state index is 12.0. The van der Waals surface area contributed by atoms with Gasteiger partial charge in [-0.1, -0.05) is 0 Å². The number of hydrogen-bond donors (Lipinski definition) is 2. The van der Waals surface area contributed by atoms with Crippen LogP contribution in [0.25, 0.3) is 0 Å². The number of sulfonamides is 1. The monoisotopic (exact) mass is 268 g/mol. The fourth-order valence-corrected chi connectivity index (χ4v) is 3.05. The smallest absolute Gasteiger partial charge is 0.261 e. The van der Waals surface area contributed by atoms with E-state index in [2.05, 4.69) is 10.0 Å². The van der Waals surface area contributed by atoms with E-state index in [4.69, 9.17) is 0 Å². The van der Waals surface area contributed by atoms with E-state index in [0.717, 1.165) is 5.69 Å². The van der Waals surface area contributed by atoms with Gasteiger partial charge in [0.15, 0.2) is 0 Å². The normalized spacial score (nSPS) is 11.1. The highest BCUT2D eigenvalue weighted by molar-refractivity contribution is 7.92. The SMILES string of the molecule is CNc1ccc(S(=O)(=O)Nc2ccsc2)cc1. The molecule has 0 fully saturated rings. The quantitative estimate of drug-likeness (QED) is 0.896. The second-order valence-electron chi connectivity index (χ2n) is 3.39. The molecule has 0 saturated carbocycles. The first-order valence-corrected chi connectivity index (χ1v) is 7.37. The first-order chi connectivity index (χ1) is 8.12. The summed E-state index contributed by atoms with van der Waals surface area (Å²) in [5, 5.41) is 6.51. The van der Waals surface area contributed by atoms with Crippen molar-refractivity contribution >= 4 is 32.7 Å². The van der Waals surface area contributed by atoms with Crippen molar-refractivity contribution in [1.29, 1.82) is 0 Å². The molecule has 0 aliphatic rings. The van der Waals surface area contributed by atoms with Crippen LogP contribution in [0.15, 0.2) is 46.0 Å². The van der Waals surface area contributed by atoms with Crippen LogP contribution in [0.3, 0.4) is 0 Å². The molecule has 0 saturated heterocycles. The van der Waals surface area contributed by atoms with Crippen molar-refractivity contribution in [2.75, 3.05) is 17.1 Å². The molecule has 1 aromatic carbocycles. The van der Waals surface area contributed by atoms with Gasteiger partial charge < -0.3 is 5.32 Å². The fraction of sp³-hybridized carbons (Fsp3) is 0.0909. The zero-order valence-electron chi connectivity index (χ0n) is 9.17. The number of nitrogens with one attached hydrogen (secondary N) is 2. The Balaban J connectivity index is 2.25. The van der Waals surface area contributed by atoms with Gasteiger partial charge in [-0.25, -0.2) is 8.42 Å². The Bertz CT molecular complexity index is 574. The summed E-state index contributed by atoms with van der Waals surface area (Å²) < 4.78 is 26.5. The first-order valence-electron chi connectivity index (χ1n) is 4.95. The van der Waals surface area contributed by atoms with Gasteiger partial charge in [-0.05, 0) is 35.7 Å². The predicted octanol–water partition coefficient (Wildman–Crippen LogP) is 2.59. The van der Waals surface area contributed by atoms with E-state index in [1.807, 2.05) is 5.38 Å². The van der Waals surface area contributed by atoms with Gasteiger partial charge in [0.05, 0.1) is 10.6 Å². The van der Waals surface area contributed by atoms with Crippen LogP contribution in [0.4, 0.5) is 11.4 Å². The number of anilines is 2. The molecule has 4 nitrogen and oxygen atoms in total. The Morgan fingerprint density at radius 2 is 1.76 bits per heavy atom. The van der Waals surface area contributed by atoms with Crippen molar-refractivity contribution in [2.24, 2.45) is 0 Å². The Kier molecular flexibility index (Phi) is 3.35. The maximum atomic E-state index is 12.0. The summed E-state index contributed by atoms with van der Waals surface area (Å²) in [6, 6.07) is 8.32. The lowest BCUT2D eigenvalue weighted by Gasteiger charge is -2.07. The summed E-state index contributed by atoms with van der Waals surface area (Å²) in [7, 11) is -1.69. The van der Waals surface area contributed by atoms with Gasteiger partial charge in [0.25, 0.3) is 10.0 Å². The molecular formula is C11H12N2O2S2. The Morgan fingerprint density at radius 1 is 1.06 bits per heavy atom. The molecule has 1 heterocycles. The first kappa shape index (κ1) is 11.9. The highest BCUT2D eigenvalue weighted by Crippen LogP contribution is 2.19. The average Bonchev–Trinajstić information content (AvgIpc) is 2.81. The third kappa shape index (κ3) is 2.78. The Morgan fingerprint density at radius 3 is 2.29 bits per heavy atom. The third-order valence-corrected chi connectivity index (χ3v) is 4.31. The topological polar surface area (TPSA) is 58.2 Å². The van der Waals surface area contributed by atoms with Gasteiger partial charge >= 0.3 is 0 Å². The minimum atomic E-state index is -3.48. The van der Waals surface area contributed by atoms with Crippen LogP contribution in [0.1, 0.15) is 0 Å². The zero-order valence-corrected chi connectivity index (χ0v) is 10.8. The Hall–Kier alpha value is -1.53. The lowest BCUT2D eigenvalue weighted by atomic mass is 10.3. The van der Waals surface area contributed by atoms with Gasteiger partial charge in [-0.3, -0.25) is 4.72 Å². The molecule has 6 heteroatoms. The van der Waals surface area contributed by atoms with Gasteiger partial charge in [0.1, 0.15) is 0 Å². The molecule has 0 radical (unpaired) electrons. The molecular weight excluding hydrogens is 256 g/mol. The van der Waals surface area contributed by atoms with E-state index in [0.29, 0.717) is 5.69 Å². The summed E-state index contributed by atoms with van der Waals surface area (Å²) in [6.07, 6.45) is 0. The standard InChI is InChI=1S/C11H12N2O2S2/c1-12-9-2-4-11(5-3-9)17(14,15)13-10-6-7-16-8-10/h2-8,12-13H,1H3. The molecule has 0 spiro atoms. The highest BCUT2D eigenvalue weighted by Gasteiger charge is 2.13. The van der Waals surface area contributed by atoms with Gasteiger partial charge in [-0.15, -0.1) is 0 Å². The van der Waals surface area contributed by atoms with Crippen LogP contribution in [0.5, 0.6) is 0 Å². The molecule has 17 heavy (non-hydrogen) atoms. The molecule has 1 aromatic heterocycles. The molecule has 0 amide bonds. The Labute approximate surface area is 104 Å². The average molecular weight is 268 g/mol. The van der Waals surface area contributed by atoms with Crippen LogP contribution in [-0.2, 0) is 10.0 Å². The summed E-state index contributed by atoms with van der Waals surface area (Å²) in [6.45, 7) is 0. The molecule has 0 atom stereocenters. The summed E-state index contributed by atoms with van der Waals surface area (Å²) in [4.78, 5) is 0.253. The minimum absolute atomic E-state index is 0.253. The van der Waals surface area contributed by atoms with E-state index >= 15 is 0 Å². The second-order valence-corrected chi connectivity index (χ2v) is 5.85. The van der Waals surface area contributed by atoms with Gasteiger partial charge in [-0.2, -0.15) is 11.3 Å². The van der Waals surface area contributed by atoms with E-state index in [1.54, 1.807) is 42.8 Å². The van der Waals surface area contributed by atoms with Crippen LogP contribution in [0.2, 0.25) is 0 Å². The van der Waals surface area contributed by atoms with Crippen molar-refractivity contribution in [1.82, 2.24) is 0 Å². The van der Waals surface area contributed by atoms with Crippen molar-refractivity contribution in [3.05, 3.63) is 41.1 Å². The molecule has 2 N–H and O–H groups in total. The van der Waals surface area contributed by atoms with Gasteiger partial charge in [0.2, 0.25) is 0 Å². The van der Waals surface area contributed by atoms with Crippen LogP contribution < -0.4 is 10.0 Å². The van der Waals surface area contributed by atoms with Gasteiger partial charge in [0, 0.05) is 18.1 Å². The maximum Gasteiger partial charge on any atom is 0.261 e. The van der Waals surface area contributed by atoms with Crippen LogP contribution in [-0.4, -0.2) is 15.5 Å². The largest absolute Gasteiger partial charge is 0.388 e. The molecule has 2 rings (SSSR count). The summed E-state index contributed by atoms with van der Waals surface area (Å²) >= 11 is 1.44. The third-order valence-electron chi connectivity index (χ3n) is 2.23. The second kappa shape index (κ2) is 4.77. The predicted molar refractivity (Wildman–Crippen MR) is 71.1 cm³/mol. The number of hydrogen-bond acceptors (Lipinski definition) is 4. The fourth-order valence-electron chi connectivity index (χ4n) is 1.34. The van der Waals surface area contributed by atoms with Crippen LogP contribution in [0, 0.1) is 0 Å². The van der Waals surface area contributed by atoms with Crippen molar-refractivity contribution in [3.8, 4) is 0 Å². The lowest BCUT2D eigenvalue weighted by molar-refractivity contribution is 0.601. The lowest BCUT2D eigenvalue weighted by Crippen LogP contribution is -2.12. The van der Waals surface area contributed by atoms with E-state index in [-0.39, 0.29) is 4.90 Å². The van der Waals surface area contributed by atoms with Crippen LogP contribution >= 0.6 is 11.3 Å². The molecule has 0 aliphatic heterocycles. The summed E-state index contributed by atoms with van der Waals surface area (Å²) in [5.74, 6) is 0. The van der Waals surface area contributed by atoms with Crippen molar-refractivity contribution in [2.45, 2.75) is 4.90 Å². The van der Waals surface area contributed by atoms with E-state index < -0.39 is 10.0 Å². The molecule has 0 unspecified atom stereocenters. The summed E-state index contributed by atoms with van der Waals surface area (Å²) in [5.41, 5.74) is 1.46. The number of thiophene rings is 1. The van der Waals surface area contributed by atoms with Crippen molar-refractivity contribution in [3.63, 3.8) is 0 Å². The van der Waals surface area contributed by atoms with Crippen molar-refractivity contribution < 1.29 is 8.42 Å². The molecule has 2 aromatic rings. The molecule has 0 bridgehead atoms. The number of rotatable bonds is 4. The van der Waals surface area contributed by atoms with E-state index in [9.17, 15) is 8.42 Å². The molecule has 0 aliphatic carbocycles. The number of benzene rings is 1.